The third-order valence-corrected chi connectivity index (χ3v) is 5.92. The molecule has 0 unspecified atom stereocenters. The van der Waals surface area contributed by atoms with Gasteiger partial charge in [0.05, 0.1) is 22.3 Å². The molecule has 0 atom stereocenters. The summed E-state index contributed by atoms with van der Waals surface area (Å²) in [6.07, 6.45) is 0.817. The van der Waals surface area contributed by atoms with Crippen LogP contribution in [0.4, 0.5) is 19.5 Å². The second-order valence-electron chi connectivity index (χ2n) is 8.22. The van der Waals surface area contributed by atoms with E-state index in [0.29, 0.717) is 16.6 Å². The number of carbonyl (C=O) groups excluding carboxylic acids is 2. The first-order valence-corrected chi connectivity index (χ1v) is 10.6. The van der Waals surface area contributed by atoms with Crippen LogP contribution in [0.1, 0.15) is 34.3 Å². The minimum Gasteiger partial charge on any atom is -0.446 e. The van der Waals surface area contributed by atoms with Crippen LogP contribution >= 0.6 is 0 Å². The van der Waals surface area contributed by atoms with Gasteiger partial charge in [0, 0.05) is 24.2 Å². The van der Waals surface area contributed by atoms with Crippen LogP contribution in [-0.4, -0.2) is 65.2 Å². The van der Waals surface area contributed by atoms with Crippen molar-refractivity contribution in [2.24, 2.45) is 4.99 Å². The van der Waals surface area contributed by atoms with Gasteiger partial charge in [0.1, 0.15) is 24.3 Å². The number of aliphatic imine (C=N–C) groups is 1. The van der Waals surface area contributed by atoms with Gasteiger partial charge >= 0.3 is 6.09 Å². The van der Waals surface area contributed by atoms with Gasteiger partial charge in [-0.25, -0.2) is 18.6 Å². The first-order chi connectivity index (χ1) is 15.9. The Balaban J connectivity index is 1.38. The minimum atomic E-state index is -0.777. The highest BCUT2D eigenvalue weighted by Crippen LogP contribution is 2.27. The number of ketones is 1. The molecule has 0 bridgehead atoms. The maximum atomic E-state index is 14.6. The molecule has 2 aliphatic heterocycles. The smallest absolute Gasteiger partial charge is 0.414 e. The fraction of sp³-hybridized carbons (Fsp3) is 0.304. The summed E-state index contributed by atoms with van der Waals surface area (Å²) in [6.45, 7) is 1.47. The van der Waals surface area contributed by atoms with Gasteiger partial charge in [0.2, 0.25) is 5.95 Å². The fourth-order valence-electron chi connectivity index (χ4n) is 4.20. The molecule has 3 aromatic rings. The van der Waals surface area contributed by atoms with Crippen LogP contribution in [0.15, 0.2) is 35.3 Å². The van der Waals surface area contributed by atoms with Crippen LogP contribution in [0, 0.1) is 11.6 Å². The second-order valence-corrected chi connectivity index (χ2v) is 8.22. The summed E-state index contributed by atoms with van der Waals surface area (Å²) >= 11 is 0. The summed E-state index contributed by atoms with van der Waals surface area (Å²) in [5.74, 6) is -1.86. The number of piperidine rings is 1. The Morgan fingerprint density at radius 3 is 2.64 bits per heavy atom. The molecule has 0 radical (unpaired) electrons. The van der Waals surface area contributed by atoms with Crippen molar-refractivity contribution in [3.63, 3.8) is 0 Å². The maximum absolute atomic E-state index is 14.6. The number of nitrogens with one attached hydrogen (secondary N) is 2. The molecule has 2 aliphatic rings. The number of H-pyrrole nitrogens is 1. The van der Waals surface area contributed by atoms with Crippen LogP contribution in [-0.2, 0) is 4.74 Å². The van der Waals surface area contributed by atoms with Crippen molar-refractivity contribution in [2.75, 3.05) is 32.0 Å². The molecule has 0 spiro atoms. The Kier molecular flexibility index (Phi) is 5.37. The lowest BCUT2D eigenvalue weighted by Gasteiger charge is -2.28. The Labute approximate surface area is 187 Å². The van der Waals surface area contributed by atoms with E-state index in [1.165, 1.54) is 0 Å². The number of aromatic amines is 1. The molecule has 10 heteroatoms. The lowest BCUT2D eigenvalue weighted by molar-refractivity contribution is 0.0661. The Hall–Kier alpha value is -3.66. The van der Waals surface area contributed by atoms with E-state index in [1.807, 2.05) is 7.05 Å². The Morgan fingerprint density at radius 2 is 1.88 bits per heavy atom. The standard InChI is InChI=1S/C23H21F2N5O3/c1-30-8-6-13(7-9-30)33-23(32)29-22-27-16-5-2-12(10-17(16)28-22)21-20-15(25)4-3-14(24)19(20)18(31)11-26-21/h2-5,10,13H,6-9,11H2,1H3,(H2,27,28,29,32). The van der Waals surface area contributed by atoms with Gasteiger partial charge in [-0.05, 0) is 44.2 Å². The van der Waals surface area contributed by atoms with Gasteiger partial charge in [0.25, 0.3) is 0 Å². The predicted molar refractivity (Wildman–Crippen MR) is 118 cm³/mol. The zero-order chi connectivity index (χ0) is 23.1. The van der Waals surface area contributed by atoms with E-state index in [-0.39, 0.29) is 35.4 Å². The van der Waals surface area contributed by atoms with Gasteiger partial charge < -0.3 is 14.6 Å². The number of amides is 1. The van der Waals surface area contributed by atoms with Crippen LogP contribution in [0.5, 0.6) is 0 Å². The van der Waals surface area contributed by atoms with E-state index in [2.05, 4.69) is 25.2 Å². The number of halogens is 2. The predicted octanol–water partition coefficient (Wildman–Crippen LogP) is 3.52. The number of likely N-dealkylation sites (tertiary alicyclic amines) is 1. The minimum absolute atomic E-state index is 0.139. The van der Waals surface area contributed by atoms with Crippen LogP contribution in [0.25, 0.3) is 11.0 Å². The van der Waals surface area contributed by atoms with E-state index in [1.54, 1.807) is 18.2 Å². The fourth-order valence-corrected chi connectivity index (χ4v) is 4.20. The second kappa shape index (κ2) is 8.36. The highest BCUT2D eigenvalue weighted by Gasteiger charge is 2.28. The summed E-state index contributed by atoms with van der Waals surface area (Å²) in [4.78, 5) is 38.1. The number of fused-ring (bicyclic) bond motifs is 2. The molecule has 1 aromatic heterocycles. The number of anilines is 1. The number of hydrogen-bond acceptors (Lipinski definition) is 6. The normalized spacial score (nSPS) is 17.1. The first kappa shape index (κ1) is 21.2. The van der Waals surface area contributed by atoms with Gasteiger partial charge in [-0.1, -0.05) is 6.07 Å². The number of imidazole rings is 1. The third-order valence-electron chi connectivity index (χ3n) is 5.92. The lowest BCUT2D eigenvalue weighted by atomic mass is 9.91. The van der Waals surface area contributed by atoms with Crippen molar-refractivity contribution in [3.05, 3.63) is 58.7 Å². The van der Waals surface area contributed by atoms with Gasteiger partial charge in [0.15, 0.2) is 5.78 Å². The van der Waals surface area contributed by atoms with Crippen LogP contribution < -0.4 is 5.32 Å². The average molecular weight is 453 g/mol. The molecule has 0 saturated carbocycles. The topological polar surface area (TPSA) is 99.7 Å². The van der Waals surface area contributed by atoms with Crippen LogP contribution in [0.2, 0.25) is 0 Å². The zero-order valence-corrected chi connectivity index (χ0v) is 17.8. The number of rotatable bonds is 3. The molecular weight excluding hydrogens is 432 g/mol. The molecule has 5 rings (SSSR count). The molecular formula is C23H21F2N5O3. The number of carbonyl (C=O) groups is 2. The molecule has 8 nitrogen and oxygen atoms in total. The molecule has 33 heavy (non-hydrogen) atoms. The number of aromatic nitrogens is 2. The van der Waals surface area contributed by atoms with Gasteiger partial charge in [-0.3, -0.25) is 15.1 Å². The van der Waals surface area contributed by atoms with E-state index in [4.69, 9.17) is 4.74 Å². The number of benzene rings is 2. The molecule has 1 amide bonds. The molecule has 1 fully saturated rings. The number of Topliss-reactive ketones (excluding diaryl/α,β-unsaturated/α-hetero) is 1. The summed E-state index contributed by atoms with van der Waals surface area (Å²) < 4.78 is 34.3. The Bertz CT molecular complexity index is 1290. The maximum Gasteiger partial charge on any atom is 0.414 e. The highest BCUT2D eigenvalue weighted by atomic mass is 19.1. The Morgan fingerprint density at radius 1 is 1.15 bits per heavy atom. The first-order valence-electron chi connectivity index (χ1n) is 10.6. The van der Waals surface area contributed by atoms with Crippen molar-refractivity contribution >= 4 is 34.6 Å². The molecule has 170 valence electrons. The summed E-state index contributed by atoms with van der Waals surface area (Å²) in [6, 6.07) is 6.92. The van der Waals surface area contributed by atoms with Gasteiger partial charge in [-0.2, -0.15) is 0 Å². The summed E-state index contributed by atoms with van der Waals surface area (Å²) in [5, 5.41) is 2.60. The zero-order valence-electron chi connectivity index (χ0n) is 17.8. The SMILES string of the molecule is CN1CCC(OC(=O)Nc2nc3ccc(C4=NCC(=O)c5c(F)ccc(F)c54)cc3[nH]2)CC1. The molecule has 2 N–H and O–H groups in total. The van der Waals surface area contributed by atoms with Crippen molar-refractivity contribution < 1.29 is 23.1 Å². The molecule has 2 aromatic carbocycles. The molecule has 3 heterocycles. The van der Waals surface area contributed by atoms with E-state index >= 15 is 0 Å². The third kappa shape index (κ3) is 4.09. The van der Waals surface area contributed by atoms with E-state index in [9.17, 15) is 18.4 Å². The van der Waals surface area contributed by atoms with Crippen molar-refractivity contribution in [2.45, 2.75) is 18.9 Å². The highest BCUT2D eigenvalue weighted by molar-refractivity contribution is 6.22. The largest absolute Gasteiger partial charge is 0.446 e. The van der Waals surface area contributed by atoms with Gasteiger partial charge in [-0.15, -0.1) is 0 Å². The van der Waals surface area contributed by atoms with E-state index < -0.39 is 23.5 Å². The monoisotopic (exact) mass is 453 g/mol. The van der Waals surface area contributed by atoms with Crippen molar-refractivity contribution in [1.82, 2.24) is 14.9 Å². The lowest BCUT2D eigenvalue weighted by Crippen LogP contribution is -2.36. The number of nitrogens with zero attached hydrogens (tertiary/aromatic N) is 3. The van der Waals surface area contributed by atoms with Crippen LogP contribution in [0.3, 0.4) is 0 Å². The molecule has 1 saturated heterocycles. The molecule has 0 aliphatic carbocycles. The number of hydrogen-bond donors (Lipinski definition) is 2. The van der Waals surface area contributed by atoms with Crippen molar-refractivity contribution in [1.29, 1.82) is 0 Å². The van der Waals surface area contributed by atoms with E-state index in [0.717, 1.165) is 38.1 Å². The number of ether oxygens (including phenoxy) is 1. The summed E-state index contributed by atoms with van der Waals surface area (Å²) in [5.41, 5.74) is 1.36. The average Bonchev–Trinajstić information content (AvgIpc) is 3.19. The summed E-state index contributed by atoms with van der Waals surface area (Å²) in [7, 11) is 2.03. The quantitative estimate of drug-likeness (QED) is 0.632. The van der Waals surface area contributed by atoms with Crippen molar-refractivity contribution in [3.8, 4) is 0 Å².